The van der Waals surface area contributed by atoms with E-state index in [1.54, 1.807) is 17.7 Å². The van der Waals surface area contributed by atoms with E-state index < -0.39 is 0 Å². The zero-order chi connectivity index (χ0) is 17.4. The number of rotatable bonds is 6. The molecule has 2 aliphatic carbocycles. The second-order valence-corrected chi connectivity index (χ2v) is 8.67. The fourth-order valence-corrected chi connectivity index (χ4v) is 5.64. The molecule has 2 aromatic rings. The molecule has 0 radical (unpaired) electrons. The second-order valence-electron chi connectivity index (χ2n) is 7.56. The number of aryl methyl sites for hydroxylation is 1. The van der Waals surface area contributed by atoms with Gasteiger partial charge in [0, 0.05) is 10.9 Å². The number of nitrogens with zero attached hydrogens (tertiary/aromatic N) is 2. The molecule has 1 amide bonds. The molecule has 0 aromatic carbocycles. The molecule has 25 heavy (non-hydrogen) atoms. The summed E-state index contributed by atoms with van der Waals surface area (Å²) in [5.41, 5.74) is 0. The summed E-state index contributed by atoms with van der Waals surface area (Å²) in [4.78, 5) is 23.3. The third-order valence-corrected chi connectivity index (χ3v) is 7.16. The lowest BCUT2D eigenvalue weighted by Crippen LogP contribution is -2.42. The topological polar surface area (TPSA) is 66.9 Å². The largest absolute Gasteiger partial charge is 0.360 e. The van der Waals surface area contributed by atoms with Gasteiger partial charge in [-0.15, -0.1) is 11.3 Å². The minimum absolute atomic E-state index is 0.0491. The van der Waals surface area contributed by atoms with Crippen molar-refractivity contribution in [2.75, 3.05) is 11.9 Å². The Hall–Kier alpha value is -1.69. The monoisotopic (exact) mass is 358 g/mol. The minimum Gasteiger partial charge on any atom is -0.360 e. The third-order valence-electron chi connectivity index (χ3n) is 5.97. The molecular weight excluding hydrogens is 332 g/mol. The maximum absolute atomic E-state index is 12.4. The van der Waals surface area contributed by atoms with Crippen LogP contribution in [0.3, 0.4) is 0 Å². The lowest BCUT2D eigenvalue weighted by molar-refractivity contribution is -0.120. The summed E-state index contributed by atoms with van der Waals surface area (Å²) in [6.07, 6.45) is 7.97. The van der Waals surface area contributed by atoms with E-state index in [1.165, 1.54) is 30.6 Å². The number of fused-ring (bicyclic) bond motifs is 3. The molecular formula is C19H26N4OS. The highest BCUT2D eigenvalue weighted by molar-refractivity contribution is 7.18. The first-order valence-corrected chi connectivity index (χ1v) is 10.2. The van der Waals surface area contributed by atoms with Gasteiger partial charge in [0.15, 0.2) is 0 Å². The summed E-state index contributed by atoms with van der Waals surface area (Å²) in [6, 6.07) is 2.39. The Kier molecular flexibility index (Phi) is 4.63. The standard InChI is InChI=1S/C19H26N4OS/c1-3-14-8-16-18(21-10-22-19(16)25-14)20-9-17(24)23-11(2)15-7-12-4-5-13(15)6-12/h8,10-13,15H,3-7,9H2,1-2H3,(H,23,24)(H,20,21,22). The van der Waals surface area contributed by atoms with Crippen molar-refractivity contribution in [3.05, 3.63) is 17.3 Å². The summed E-state index contributed by atoms with van der Waals surface area (Å²) in [5, 5.41) is 7.41. The van der Waals surface area contributed by atoms with Gasteiger partial charge >= 0.3 is 0 Å². The summed E-state index contributed by atoms with van der Waals surface area (Å²) in [6.45, 7) is 4.56. The maximum atomic E-state index is 12.4. The number of carbonyl (C=O) groups is 1. The minimum atomic E-state index is 0.0491. The number of amides is 1. The average molecular weight is 359 g/mol. The van der Waals surface area contributed by atoms with Gasteiger partial charge in [-0.2, -0.15) is 0 Å². The number of nitrogens with one attached hydrogen (secondary N) is 2. The molecule has 2 aromatic heterocycles. The highest BCUT2D eigenvalue weighted by Gasteiger charge is 2.42. The summed E-state index contributed by atoms with van der Waals surface area (Å²) >= 11 is 1.69. The first-order valence-electron chi connectivity index (χ1n) is 9.40. The Bertz CT molecular complexity index is 774. The van der Waals surface area contributed by atoms with Crippen LogP contribution in [0.25, 0.3) is 10.2 Å². The van der Waals surface area contributed by atoms with Crippen LogP contribution < -0.4 is 10.6 Å². The van der Waals surface area contributed by atoms with Crippen molar-refractivity contribution in [1.82, 2.24) is 15.3 Å². The smallest absolute Gasteiger partial charge is 0.239 e. The molecule has 2 fully saturated rings. The van der Waals surface area contributed by atoms with Gasteiger partial charge in [-0.25, -0.2) is 9.97 Å². The number of carbonyl (C=O) groups excluding carboxylic acids is 1. The number of thiophene rings is 1. The average Bonchev–Trinajstić information content (AvgIpc) is 3.33. The van der Waals surface area contributed by atoms with Crippen LogP contribution in [0.4, 0.5) is 5.82 Å². The van der Waals surface area contributed by atoms with E-state index in [-0.39, 0.29) is 18.5 Å². The second kappa shape index (κ2) is 6.90. The normalized spacial score (nSPS) is 26.1. The van der Waals surface area contributed by atoms with Gasteiger partial charge in [-0.1, -0.05) is 13.3 Å². The Labute approximate surface area is 152 Å². The van der Waals surface area contributed by atoms with Crippen molar-refractivity contribution in [2.45, 2.75) is 52.0 Å². The van der Waals surface area contributed by atoms with Crippen molar-refractivity contribution in [2.24, 2.45) is 17.8 Å². The van der Waals surface area contributed by atoms with Crippen LogP contribution in [0.2, 0.25) is 0 Å². The highest BCUT2D eigenvalue weighted by Crippen LogP contribution is 2.49. The lowest BCUT2D eigenvalue weighted by atomic mass is 9.84. The van der Waals surface area contributed by atoms with Gasteiger partial charge in [0.25, 0.3) is 0 Å². The first-order chi connectivity index (χ1) is 12.1. The molecule has 2 saturated carbocycles. The zero-order valence-corrected chi connectivity index (χ0v) is 15.7. The summed E-state index contributed by atoms with van der Waals surface area (Å²) in [7, 11) is 0. The van der Waals surface area contributed by atoms with Gasteiger partial charge in [-0.05, 0) is 56.4 Å². The molecule has 2 heterocycles. The highest BCUT2D eigenvalue weighted by atomic mass is 32.1. The number of hydrogen-bond donors (Lipinski definition) is 2. The van der Waals surface area contributed by atoms with E-state index in [4.69, 9.17) is 0 Å². The number of anilines is 1. The molecule has 134 valence electrons. The zero-order valence-electron chi connectivity index (χ0n) is 14.9. The van der Waals surface area contributed by atoms with E-state index in [1.807, 2.05) is 0 Å². The fraction of sp³-hybridized carbons (Fsp3) is 0.632. The van der Waals surface area contributed by atoms with Crippen LogP contribution in [0.15, 0.2) is 12.4 Å². The molecule has 4 atom stereocenters. The van der Waals surface area contributed by atoms with Gasteiger partial charge in [-0.3, -0.25) is 4.79 Å². The maximum Gasteiger partial charge on any atom is 0.239 e. The lowest BCUT2D eigenvalue weighted by Gasteiger charge is -2.28. The van der Waals surface area contributed by atoms with Crippen molar-refractivity contribution in [1.29, 1.82) is 0 Å². The van der Waals surface area contributed by atoms with Crippen LogP contribution in [0.1, 0.15) is 44.4 Å². The van der Waals surface area contributed by atoms with E-state index >= 15 is 0 Å². The number of aromatic nitrogens is 2. The molecule has 0 saturated heterocycles. The van der Waals surface area contributed by atoms with E-state index in [2.05, 4.69) is 40.5 Å². The first kappa shape index (κ1) is 16.8. The number of hydrogen-bond acceptors (Lipinski definition) is 5. The van der Waals surface area contributed by atoms with E-state index in [0.717, 1.165) is 34.3 Å². The molecule has 2 N–H and O–H groups in total. The van der Waals surface area contributed by atoms with Gasteiger partial charge < -0.3 is 10.6 Å². The van der Waals surface area contributed by atoms with Crippen molar-refractivity contribution in [3.63, 3.8) is 0 Å². The quantitative estimate of drug-likeness (QED) is 0.828. The molecule has 6 heteroatoms. The fourth-order valence-electron chi connectivity index (χ4n) is 4.70. The third kappa shape index (κ3) is 3.36. The van der Waals surface area contributed by atoms with E-state index in [0.29, 0.717) is 5.92 Å². The molecule has 2 aliphatic rings. The summed E-state index contributed by atoms with van der Waals surface area (Å²) < 4.78 is 0. The van der Waals surface area contributed by atoms with Crippen molar-refractivity contribution < 1.29 is 4.79 Å². The molecule has 4 unspecified atom stereocenters. The van der Waals surface area contributed by atoms with Crippen LogP contribution in [0.5, 0.6) is 0 Å². The predicted molar refractivity (Wildman–Crippen MR) is 102 cm³/mol. The van der Waals surface area contributed by atoms with E-state index in [9.17, 15) is 4.79 Å². The SMILES string of the molecule is CCc1cc2c(NCC(=O)NC(C)C3CC4CCC3C4)ncnc2s1. The van der Waals surface area contributed by atoms with Crippen LogP contribution >= 0.6 is 11.3 Å². The van der Waals surface area contributed by atoms with Crippen LogP contribution in [0, 0.1) is 17.8 Å². The Morgan fingerprint density at radius 1 is 1.36 bits per heavy atom. The molecule has 0 spiro atoms. The predicted octanol–water partition coefficient (Wildman–Crippen LogP) is 3.61. The van der Waals surface area contributed by atoms with Gasteiger partial charge in [0.1, 0.15) is 17.0 Å². The Morgan fingerprint density at radius 2 is 2.24 bits per heavy atom. The molecule has 0 aliphatic heterocycles. The Morgan fingerprint density at radius 3 is 2.96 bits per heavy atom. The van der Waals surface area contributed by atoms with Gasteiger partial charge in [0.05, 0.1) is 11.9 Å². The molecule has 2 bridgehead atoms. The molecule has 4 rings (SSSR count). The molecule has 5 nitrogen and oxygen atoms in total. The van der Waals surface area contributed by atoms with Gasteiger partial charge in [0.2, 0.25) is 5.91 Å². The van der Waals surface area contributed by atoms with Crippen molar-refractivity contribution in [3.8, 4) is 0 Å². The van der Waals surface area contributed by atoms with Crippen molar-refractivity contribution >= 4 is 33.3 Å². The summed E-state index contributed by atoms with van der Waals surface area (Å²) in [5.74, 6) is 3.20. The van der Waals surface area contributed by atoms with Crippen LogP contribution in [-0.4, -0.2) is 28.5 Å². The Balaban J connectivity index is 1.35. The van der Waals surface area contributed by atoms with Crippen LogP contribution in [-0.2, 0) is 11.2 Å².